The third-order valence-corrected chi connectivity index (χ3v) is 5.19. The van der Waals surface area contributed by atoms with Gasteiger partial charge in [-0.25, -0.2) is 0 Å². The van der Waals surface area contributed by atoms with Crippen LogP contribution in [0.25, 0.3) is 0 Å². The van der Waals surface area contributed by atoms with E-state index in [4.69, 9.17) is 4.74 Å². The molecule has 1 heterocycles. The molecule has 3 heteroatoms. The van der Waals surface area contributed by atoms with Crippen molar-refractivity contribution in [1.82, 2.24) is 4.90 Å². The maximum absolute atomic E-state index is 12.0. The number of Topliss-reactive ketones (excluding diaryl/α,β-unsaturated/α-hetero) is 1. The van der Waals surface area contributed by atoms with Crippen molar-refractivity contribution in [2.24, 2.45) is 0 Å². The first-order chi connectivity index (χ1) is 12.0. The Hall–Kier alpha value is -1.97. The molecule has 1 fully saturated rings. The fraction of sp³-hybridized carbons (Fsp3) is 0.409. The largest absolute Gasteiger partial charge is 0.371 e. The number of ketones is 1. The molecule has 1 aliphatic rings. The van der Waals surface area contributed by atoms with E-state index < -0.39 is 0 Å². The summed E-state index contributed by atoms with van der Waals surface area (Å²) >= 11 is 0. The van der Waals surface area contributed by atoms with Crippen LogP contribution in [-0.4, -0.2) is 30.4 Å². The van der Waals surface area contributed by atoms with Crippen LogP contribution in [-0.2, 0) is 11.3 Å². The zero-order valence-corrected chi connectivity index (χ0v) is 15.6. The molecule has 1 aliphatic heterocycles. The second-order valence-corrected chi connectivity index (χ2v) is 7.05. The Morgan fingerprint density at radius 2 is 1.88 bits per heavy atom. The van der Waals surface area contributed by atoms with Crippen LogP contribution >= 0.6 is 0 Å². The molecule has 1 saturated heterocycles. The SMILES string of the molecule is CC(=O)c1c(C)cc(C)c(CN2CCOC(c3ccccc3)C2)c1C. The van der Waals surface area contributed by atoms with E-state index in [1.54, 1.807) is 6.92 Å². The highest BCUT2D eigenvalue weighted by Gasteiger charge is 2.23. The van der Waals surface area contributed by atoms with E-state index in [-0.39, 0.29) is 11.9 Å². The van der Waals surface area contributed by atoms with Crippen molar-refractivity contribution >= 4 is 5.78 Å². The quantitative estimate of drug-likeness (QED) is 0.775. The van der Waals surface area contributed by atoms with Crippen LogP contribution in [0.5, 0.6) is 0 Å². The van der Waals surface area contributed by atoms with Gasteiger partial charge in [0.15, 0.2) is 5.78 Å². The number of morpholine rings is 1. The molecule has 0 bridgehead atoms. The fourth-order valence-corrected chi connectivity index (χ4v) is 3.95. The molecule has 132 valence electrons. The molecular weight excluding hydrogens is 310 g/mol. The van der Waals surface area contributed by atoms with Gasteiger partial charge in [-0.3, -0.25) is 9.69 Å². The van der Waals surface area contributed by atoms with Crippen molar-refractivity contribution in [3.05, 3.63) is 69.8 Å². The Labute approximate surface area is 150 Å². The summed E-state index contributed by atoms with van der Waals surface area (Å²) in [7, 11) is 0. The molecule has 0 aromatic heterocycles. The lowest BCUT2D eigenvalue weighted by atomic mass is 9.91. The third kappa shape index (κ3) is 3.83. The summed E-state index contributed by atoms with van der Waals surface area (Å²) in [5.41, 5.74) is 6.87. The fourth-order valence-electron chi connectivity index (χ4n) is 3.95. The summed E-state index contributed by atoms with van der Waals surface area (Å²) in [6.45, 7) is 11.3. The van der Waals surface area contributed by atoms with E-state index in [0.717, 1.165) is 42.9 Å². The molecule has 0 aliphatic carbocycles. The zero-order chi connectivity index (χ0) is 18.0. The van der Waals surface area contributed by atoms with Crippen molar-refractivity contribution in [3.63, 3.8) is 0 Å². The molecule has 1 unspecified atom stereocenters. The molecule has 1 atom stereocenters. The molecule has 2 aromatic rings. The van der Waals surface area contributed by atoms with E-state index in [2.05, 4.69) is 49.1 Å². The van der Waals surface area contributed by atoms with E-state index >= 15 is 0 Å². The van der Waals surface area contributed by atoms with Crippen LogP contribution < -0.4 is 0 Å². The van der Waals surface area contributed by atoms with Gasteiger partial charge in [0.1, 0.15) is 0 Å². The molecular formula is C22H27NO2. The van der Waals surface area contributed by atoms with Gasteiger partial charge in [-0.15, -0.1) is 0 Å². The van der Waals surface area contributed by atoms with E-state index in [1.165, 1.54) is 16.7 Å². The van der Waals surface area contributed by atoms with Gasteiger partial charge < -0.3 is 4.74 Å². The monoisotopic (exact) mass is 337 g/mol. The summed E-state index contributed by atoms with van der Waals surface area (Å²) in [4.78, 5) is 14.5. The van der Waals surface area contributed by atoms with Gasteiger partial charge in [0.2, 0.25) is 0 Å². The standard InChI is InChI=1S/C22H27NO2/c1-15-12-16(2)22(18(4)24)17(3)20(15)13-23-10-11-25-21(14-23)19-8-6-5-7-9-19/h5-9,12,21H,10-11,13-14H2,1-4H3. The van der Waals surface area contributed by atoms with Crippen LogP contribution in [0.3, 0.4) is 0 Å². The number of carbonyl (C=O) groups is 1. The van der Waals surface area contributed by atoms with Crippen LogP contribution in [0, 0.1) is 20.8 Å². The third-order valence-electron chi connectivity index (χ3n) is 5.19. The summed E-state index contributed by atoms with van der Waals surface area (Å²) in [5, 5.41) is 0. The average molecular weight is 337 g/mol. The molecule has 0 radical (unpaired) electrons. The second kappa shape index (κ2) is 7.51. The number of carbonyl (C=O) groups excluding carboxylic acids is 1. The highest BCUT2D eigenvalue weighted by Crippen LogP contribution is 2.27. The minimum absolute atomic E-state index is 0.119. The van der Waals surface area contributed by atoms with Gasteiger partial charge in [-0.2, -0.15) is 0 Å². The first kappa shape index (κ1) is 17.8. The van der Waals surface area contributed by atoms with Crippen LogP contribution in [0.2, 0.25) is 0 Å². The van der Waals surface area contributed by atoms with Crippen molar-refractivity contribution < 1.29 is 9.53 Å². The van der Waals surface area contributed by atoms with Gasteiger partial charge in [0.25, 0.3) is 0 Å². The number of hydrogen-bond donors (Lipinski definition) is 0. The maximum Gasteiger partial charge on any atom is 0.160 e. The van der Waals surface area contributed by atoms with E-state index in [9.17, 15) is 4.79 Å². The summed E-state index contributed by atoms with van der Waals surface area (Å²) in [6.07, 6.45) is 0.119. The zero-order valence-electron chi connectivity index (χ0n) is 15.6. The Morgan fingerprint density at radius 3 is 2.56 bits per heavy atom. The lowest BCUT2D eigenvalue weighted by Gasteiger charge is -2.34. The van der Waals surface area contributed by atoms with Crippen LogP contribution in [0.4, 0.5) is 0 Å². The second-order valence-electron chi connectivity index (χ2n) is 7.05. The Morgan fingerprint density at radius 1 is 1.16 bits per heavy atom. The molecule has 2 aromatic carbocycles. The summed E-state index contributed by atoms with van der Waals surface area (Å²) < 4.78 is 5.98. The first-order valence-electron chi connectivity index (χ1n) is 8.97. The molecule has 0 amide bonds. The highest BCUT2D eigenvalue weighted by atomic mass is 16.5. The minimum atomic E-state index is 0.119. The molecule has 0 N–H and O–H groups in total. The number of benzene rings is 2. The van der Waals surface area contributed by atoms with Gasteiger partial charge >= 0.3 is 0 Å². The molecule has 3 nitrogen and oxygen atoms in total. The van der Waals surface area contributed by atoms with Gasteiger partial charge in [-0.05, 0) is 55.5 Å². The number of nitrogens with zero attached hydrogens (tertiary/aromatic N) is 1. The number of aryl methyl sites for hydroxylation is 2. The Bertz CT molecular complexity index is 767. The van der Waals surface area contributed by atoms with Gasteiger partial charge in [0.05, 0.1) is 12.7 Å². The summed E-state index contributed by atoms with van der Waals surface area (Å²) in [5.74, 6) is 0.153. The topological polar surface area (TPSA) is 29.5 Å². The Kier molecular flexibility index (Phi) is 5.36. The molecule has 0 saturated carbocycles. The van der Waals surface area contributed by atoms with Crippen LogP contribution in [0.15, 0.2) is 36.4 Å². The predicted molar refractivity (Wildman–Crippen MR) is 101 cm³/mol. The number of rotatable bonds is 4. The minimum Gasteiger partial charge on any atom is -0.371 e. The average Bonchev–Trinajstić information content (AvgIpc) is 2.59. The lowest BCUT2D eigenvalue weighted by Crippen LogP contribution is -2.38. The van der Waals surface area contributed by atoms with Crippen molar-refractivity contribution in [2.75, 3.05) is 19.7 Å². The lowest BCUT2D eigenvalue weighted by molar-refractivity contribution is -0.0330. The molecule has 3 rings (SSSR count). The maximum atomic E-state index is 12.0. The van der Waals surface area contributed by atoms with Gasteiger partial charge in [0, 0.05) is 25.2 Å². The molecule has 0 spiro atoms. The predicted octanol–water partition coefficient (Wildman–Crippen LogP) is 4.39. The smallest absolute Gasteiger partial charge is 0.160 e. The van der Waals surface area contributed by atoms with E-state index in [1.807, 2.05) is 13.0 Å². The van der Waals surface area contributed by atoms with Crippen molar-refractivity contribution in [3.8, 4) is 0 Å². The van der Waals surface area contributed by atoms with Crippen molar-refractivity contribution in [2.45, 2.75) is 40.3 Å². The Balaban J connectivity index is 1.83. The number of ether oxygens (including phenoxy) is 1. The normalized spacial score (nSPS) is 18.3. The van der Waals surface area contributed by atoms with Crippen LogP contribution in [0.1, 0.15) is 51.2 Å². The first-order valence-corrected chi connectivity index (χ1v) is 8.97. The number of hydrogen-bond acceptors (Lipinski definition) is 3. The summed E-state index contributed by atoms with van der Waals surface area (Å²) in [6, 6.07) is 12.6. The molecule has 25 heavy (non-hydrogen) atoms. The van der Waals surface area contributed by atoms with E-state index in [0.29, 0.717) is 0 Å². The highest BCUT2D eigenvalue weighted by molar-refractivity contribution is 5.97. The van der Waals surface area contributed by atoms with Crippen molar-refractivity contribution in [1.29, 1.82) is 0 Å². The van der Waals surface area contributed by atoms with Gasteiger partial charge in [-0.1, -0.05) is 36.4 Å².